The second kappa shape index (κ2) is 7.63. The number of anilines is 1. The highest BCUT2D eigenvalue weighted by Crippen LogP contribution is 2.25. The minimum Gasteiger partial charge on any atom is -0.380 e. The molecule has 1 aromatic carbocycles. The summed E-state index contributed by atoms with van der Waals surface area (Å²) in [5.74, 6) is 0.613. The van der Waals surface area contributed by atoms with Gasteiger partial charge >= 0.3 is 0 Å². The molecule has 0 aliphatic carbocycles. The Kier molecular flexibility index (Phi) is 6.14. The molecular formula is C12H17N3O3S. The van der Waals surface area contributed by atoms with Gasteiger partial charge in [0.1, 0.15) is 5.69 Å². The van der Waals surface area contributed by atoms with E-state index >= 15 is 0 Å². The van der Waals surface area contributed by atoms with Crippen molar-refractivity contribution >= 4 is 29.0 Å². The summed E-state index contributed by atoms with van der Waals surface area (Å²) >= 11 is 1.64. The molecule has 1 aromatic rings. The van der Waals surface area contributed by atoms with E-state index in [-0.39, 0.29) is 11.6 Å². The first kappa shape index (κ1) is 15.3. The Balaban J connectivity index is 2.88. The fourth-order valence-corrected chi connectivity index (χ4v) is 1.84. The average Bonchev–Trinajstić information content (AvgIpc) is 2.39. The monoisotopic (exact) mass is 283 g/mol. The highest BCUT2D eigenvalue weighted by molar-refractivity contribution is 7.98. The van der Waals surface area contributed by atoms with E-state index in [2.05, 4.69) is 10.6 Å². The van der Waals surface area contributed by atoms with E-state index < -0.39 is 4.92 Å². The van der Waals surface area contributed by atoms with Crippen LogP contribution in [0.5, 0.6) is 0 Å². The number of nitro groups is 1. The van der Waals surface area contributed by atoms with Crippen molar-refractivity contribution in [3.05, 3.63) is 33.9 Å². The zero-order chi connectivity index (χ0) is 14.3. The highest BCUT2D eigenvalue weighted by atomic mass is 32.2. The third-order valence-electron chi connectivity index (χ3n) is 2.41. The van der Waals surface area contributed by atoms with Crippen LogP contribution in [0.1, 0.15) is 17.3 Å². The zero-order valence-corrected chi connectivity index (χ0v) is 11.8. The minimum absolute atomic E-state index is 0.0255. The molecule has 0 heterocycles. The number of carbonyl (C=O) groups is 1. The molecule has 0 fully saturated rings. The normalized spacial score (nSPS) is 10.0. The van der Waals surface area contributed by atoms with Gasteiger partial charge in [-0.1, -0.05) is 0 Å². The lowest BCUT2D eigenvalue weighted by molar-refractivity contribution is -0.384. The van der Waals surface area contributed by atoms with Crippen LogP contribution in [-0.4, -0.2) is 35.9 Å². The largest absolute Gasteiger partial charge is 0.380 e. The molecule has 0 unspecified atom stereocenters. The number of amides is 1. The van der Waals surface area contributed by atoms with E-state index in [0.29, 0.717) is 24.3 Å². The zero-order valence-electron chi connectivity index (χ0n) is 10.9. The van der Waals surface area contributed by atoms with Crippen LogP contribution in [-0.2, 0) is 0 Å². The molecule has 0 bridgehead atoms. The first-order valence-electron chi connectivity index (χ1n) is 5.89. The Labute approximate surface area is 116 Å². The second-order valence-electron chi connectivity index (χ2n) is 3.77. The number of hydrogen-bond donors (Lipinski definition) is 2. The van der Waals surface area contributed by atoms with Gasteiger partial charge in [0.15, 0.2) is 0 Å². The van der Waals surface area contributed by atoms with Crippen LogP contribution < -0.4 is 10.6 Å². The van der Waals surface area contributed by atoms with Crippen molar-refractivity contribution in [3.63, 3.8) is 0 Å². The Hall–Kier alpha value is -1.76. The molecular weight excluding hydrogens is 266 g/mol. The number of carbonyl (C=O) groups excluding carboxylic acids is 1. The SMILES string of the molecule is CCNc1cc(C(=O)NCCSC)ccc1[N+](=O)[O-]. The maximum absolute atomic E-state index is 11.8. The smallest absolute Gasteiger partial charge is 0.292 e. The third-order valence-corrected chi connectivity index (χ3v) is 3.03. The summed E-state index contributed by atoms with van der Waals surface area (Å²) in [6.45, 7) is 2.97. The summed E-state index contributed by atoms with van der Waals surface area (Å²) in [4.78, 5) is 22.2. The quantitative estimate of drug-likeness (QED) is 0.455. The lowest BCUT2D eigenvalue weighted by atomic mass is 10.1. The summed E-state index contributed by atoms with van der Waals surface area (Å²) in [7, 11) is 0. The lowest BCUT2D eigenvalue weighted by Crippen LogP contribution is -2.25. The highest BCUT2D eigenvalue weighted by Gasteiger charge is 2.16. The molecule has 2 N–H and O–H groups in total. The van der Waals surface area contributed by atoms with Crippen LogP contribution in [0.25, 0.3) is 0 Å². The number of nitro benzene ring substituents is 1. The number of hydrogen-bond acceptors (Lipinski definition) is 5. The molecule has 7 heteroatoms. The molecule has 0 aromatic heterocycles. The summed E-state index contributed by atoms with van der Waals surface area (Å²) in [5, 5.41) is 16.5. The summed E-state index contributed by atoms with van der Waals surface area (Å²) < 4.78 is 0. The molecule has 1 amide bonds. The van der Waals surface area contributed by atoms with E-state index in [9.17, 15) is 14.9 Å². The number of nitrogens with zero attached hydrogens (tertiary/aromatic N) is 1. The first-order chi connectivity index (χ1) is 9.10. The van der Waals surface area contributed by atoms with Crippen molar-refractivity contribution in [1.29, 1.82) is 0 Å². The molecule has 0 aliphatic heterocycles. The molecule has 0 atom stereocenters. The van der Waals surface area contributed by atoms with Gasteiger partial charge in [0.2, 0.25) is 0 Å². The van der Waals surface area contributed by atoms with Gasteiger partial charge in [-0.15, -0.1) is 0 Å². The maximum Gasteiger partial charge on any atom is 0.292 e. The van der Waals surface area contributed by atoms with Crippen LogP contribution in [0, 0.1) is 10.1 Å². The van der Waals surface area contributed by atoms with Crippen molar-refractivity contribution in [2.75, 3.05) is 30.4 Å². The summed E-state index contributed by atoms with van der Waals surface area (Å²) in [6, 6.07) is 4.32. The van der Waals surface area contributed by atoms with Crippen LogP contribution in [0.3, 0.4) is 0 Å². The van der Waals surface area contributed by atoms with Crippen molar-refractivity contribution in [2.45, 2.75) is 6.92 Å². The van der Waals surface area contributed by atoms with Gasteiger partial charge in [-0.2, -0.15) is 11.8 Å². The fraction of sp³-hybridized carbons (Fsp3) is 0.417. The van der Waals surface area contributed by atoms with Gasteiger partial charge in [0, 0.05) is 30.5 Å². The maximum atomic E-state index is 11.8. The standard InChI is InChI=1S/C12H17N3O3S/c1-3-13-10-8-9(4-5-11(10)15(17)18)12(16)14-6-7-19-2/h4-5,8,13H,3,6-7H2,1-2H3,(H,14,16). The first-order valence-corrected chi connectivity index (χ1v) is 7.29. The molecule has 0 radical (unpaired) electrons. The van der Waals surface area contributed by atoms with Crippen LogP contribution in [0.4, 0.5) is 11.4 Å². The van der Waals surface area contributed by atoms with Crippen molar-refractivity contribution in [2.24, 2.45) is 0 Å². The van der Waals surface area contributed by atoms with Gasteiger partial charge in [-0.25, -0.2) is 0 Å². The molecule has 0 aliphatic rings. The summed E-state index contributed by atoms with van der Waals surface area (Å²) in [5.41, 5.74) is 0.759. The van der Waals surface area contributed by atoms with Crippen LogP contribution >= 0.6 is 11.8 Å². The van der Waals surface area contributed by atoms with Gasteiger partial charge in [0.25, 0.3) is 11.6 Å². The van der Waals surface area contributed by atoms with E-state index in [4.69, 9.17) is 0 Å². The van der Waals surface area contributed by atoms with Gasteiger partial charge in [-0.05, 0) is 25.3 Å². The van der Waals surface area contributed by atoms with Gasteiger partial charge < -0.3 is 10.6 Å². The predicted molar refractivity (Wildman–Crippen MR) is 78.0 cm³/mol. The molecule has 19 heavy (non-hydrogen) atoms. The number of thioether (sulfide) groups is 1. The van der Waals surface area contributed by atoms with E-state index in [1.807, 2.05) is 13.2 Å². The molecule has 0 saturated heterocycles. The van der Waals surface area contributed by atoms with Crippen molar-refractivity contribution < 1.29 is 9.72 Å². The van der Waals surface area contributed by atoms with Crippen molar-refractivity contribution in [1.82, 2.24) is 5.32 Å². The fourth-order valence-electron chi connectivity index (χ4n) is 1.54. The van der Waals surface area contributed by atoms with Crippen LogP contribution in [0.2, 0.25) is 0 Å². The minimum atomic E-state index is -0.465. The Morgan fingerprint density at radius 1 is 1.47 bits per heavy atom. The second-order valence-corrected chi connectivity index (χ2v) is 4.75. The Morgan fingerprint density at radius 3 is 2.79 bits per heavy atom. The molecule has 104 valence electrons. The number of nitrogens with one attached hydrogen (secondary N) is 2. The topological polar surface area (TPSA) is 84.3 Å². The summed E-state index contributed by atoms with van der Waals surface area (Å²) in [6.07, 6.45) is 1.96. The Bertz CT molecular complexity index is 466. The Morgan fingerprint density at radius 2 is 2.21 bits per heavy atom. The predicted octanol–water partition coefficient (Wildman–Crippen LogP) is 2.12. The van der Waals surface area contributed by atoms with Gasteiger partial charge in [-0.3, -0.25) is 14.9 Å². The lowest BCUT2D eigenvalue weighted by Gasteiger charge is -2.08. The molecule has 0 spiro atoms. The third kappa shape index (κ3) is 4.44. The van der Waals surface area contributed by atoms with E-state index in [0.717, 1.165) is 5.75 Å². The number of rotatable bonds is 7. The van der Waals surface area contributed by atoms with Crippen molar-refractivity contribution in [3.8, 4) is 0 Å². The van der Waals surface area contributed by atoms with E-state index in [1.54, 1.807) is 11.8 Å². The molecule has 1 rings (SSSR count). The van der Waals surface area contributed by atoms with Gasteiger partial charge in [0.05, 0.1) is 4.92 Å². The molecule has 6 nitrogen and oxygen atoms in total. The van der Waals surface area contributed by atoms with E-state index in [1.165, 1.54) is 18.2 Å². The number of benzene rings is 1. The van der Waals surface area contributed by atoms with Crippen LogP contribution in [0.15, 0.2) is 18.2 Å². The molecule has 0 saturated carbocycles. The average molecular weight is 283 g/mol.